The molecule has 1 aromatic rings. The molecule has 0 radical (unpaired) electrons. The molecular weight excluding hydrogens is 307 g/mol. The summed E-state index contributed by atoms with van der Waals surface area (Å²) < 4.78 is 1.04. The molecule has 16 heavy (non-hydrogen) atoms. The van der Waals surface area contributed by atoms with E-state index >= 15 is 0 Å². The molecule has 1 atom stereocenters. The molecule has 0 bridgehead atoms. The van der Waals surface area contributed by atoms with Crippen LogP contribution >= 0.6 is 39.1 Å². The quantitative estimate of drug-likeness (QED) is 0.633. The second-order valence-electron chi connectivity index (χ2n) is 4.48. The number of aryl methyl sites for hydroxylation is 1. The predicted molar refractivity (Wildman–Crippen MR) is 74.5 cm³/mol. The third kappa shape index (κ3) is 3.65. The molecule has 3 heteroatoms. The van der Waals surface area contributed by atoms with Gasteiger partial charge in [0.15, 0.2) is 0 Å². The highest BCUT2D eigenvalue weighted by atomic mass is 79.9. The van der Waals surface area contributed by atoms with Gasteiger partial charge in [-0.15, -0.1) is 11.6 Å². The van der Waals surface area contributed by atoms with E-state index in [9.17, 15) is 0 Å². The third-order valence-corrected chi connectivity index (χ3v) is 4.49. The molecule has 1 fully saturated rings. The van der Waals surface area contributed by atoms with Gasteiger partial charge >= 0.3 is 0 Å². The first kappa shape index (κ1) is 12.7. The van der Waals surface area contributed by atoms with Crippen molar-refractivity contribution in [1.29, 1.82) is 0 Å². The smallest absolute Gasteiger partial charge is 0.0449 e. The van der Waals surface area contributed by atoms with E-state index in [1.165, 1.54) is 18.4 Å². The lowest BCUT2D eigenvalue weighted by Gasteiger charge is -2.08. The van der Waals surface area contributed by atoms with Crippen LogP contribution < -0.4 is 0 Å². The monoisotopic (exact) mass is 320 g/mol. The van der Waals surface area contributed by atoms with Crippen molar-refractivity contribution in [2.24, 2.45) is 5.92 Å². The van der Waals surface area contributed by atoms with Crippen LogP contribution in [0.15, 0.2) is 22.7 Å². The molecule has 1 saturated carbocycles. The van der Waals surface area contributed by atoms with Gasteiger partial charge in [0.05, 0.1) is 0 Å². The fourth-order valence-corrected chi connectivity index (χ4v) is 3.08. The van der Waals surface area contributed by atoms with E-state index in [4.69, 9.17) is 23.2 Å². The fraction of sp³-hybridized carbons (Fsp3) is 0.538. The normalized spacial score (nSPS) is 17.4. The van der Waals surface area contributed by atoms with E-state index in [0.717, 1.165) is 34.7 Å². The third-order valence-electron chi connectivity index (χ3n) is 3.07. The van der Waals surface area contributed by atoms with E-state index in [0.29, 0.717) is 5.38 Å². The van der Waals surface area contributed by atoms with Crippen molar-refractivity contribution in [2.75, 3.05) is 0 Å². The summed E-state index contributed by atoms with van der Waals surface area (Å²) >= 11 is 15.8. The molecule has 0 aliphatic heterocycles. The van der Waals surface area contributed by atoms with Crippen LogP contribution in [-0.2, 0) is 6.42 Å². The van der Waals surface area contributed by atoms with Crippen LogP contribution in [0.3, 0.4) is 0 Å². The summed E-state index contributed by atoms with van der Waals surface area (Å²) in [5.41, 5.74) is 1.23. The molecule has 0 N–H and O–H groups in total. The number of rotatable bonds is 5. The molecule has 0 nitrogen and oxygen atoms in total. The second-order valence-corrected chi connectivity index (χ2v) is 6.36. The molecule has 0 amide bonds. The standard InChI is InChI=1S/C13H15BrCl2/c14-11-7-6-9(13(16)8-11)2-1-3-12(15)10-4-5-10/h6-8,10,12H,1-5H2. The van der Waals surface area contributed by atoms with Crippen molar-refractivity contribution in [3.8, 4) is 0 Å². The average Bonchev–Trinajstić information content (AvgIpc) is 3.04. The number of halogens is 3. The largest absolute Gasteiger partial charge is 0.123 e. The van der Waals surface area contributed by atoms with Crippen LogP contribution in [-0.4, -0.2) is 5.38 Å². The molecule has 0 spiro atoms. The van der Waals surface area contributed by atoms with Gasteiger partial charge in [0, 0.05) is 14.9 Å². The zero-order chi connectivity index (χ0) is 11.5. The Bertz CT molecular complexity index is 361. The Balaban J connectivity index is 1.80. The SMILES string of the molecule is Clc1cc(Br)ccc1CCCC(Cl)C1CC1. The molecule has 0 aromatic heterocycles. The van der Waals surface area contributed by atoms with Gasteiger partial charge in [-0.3, -0.25) is 0 Å². The van der Waals surface area contributed by atoms with Crippen molar-refractivity contribution in [2.45, 2.75) is 37.5 Å². The first-order chi connectivity index (χ1) is 7.66. The van der Waals surface area contributed by atoms with E-state index < -0.39 is 0 Å². The molecule has 1 aliphatic carbocycles. The lowest BCUT2D eigenvalue weighted by Crippen LogP contribution is -2.01. The zero-order valence-electron chi connectivity index (χ0n) is 9.06. The molecule has 0 heterocycles. The minimum Gasteiger partial charge on any atom is -0.123 e. The lowest BCUT2D eigenvalue weighted by molar-refractivity contribution is 0.637. The van der Waals surface area contributed by atoms with Crippen LogP contribution in [0.25, 0.3) is 0 Å². The summed E-state index contributed by atoms with van der Waals surface area (Å²) in [6.45, 7) is 0. The van der Waals surface area contributed by atoms with Crippen LogP contribution in [0, 0.1) is 5.92 Å². The summed E-state index contributed by atoms with van der Waals surface area (Å²) in [6, 6.07) is 6.09. The van der Waals surface area contributed by atoms with Gasteiger partial charge < -0.3 is 0 Å². The molecule has 88 valence electrons. The van der Waals surface area contributed by atoms with E-state index in [2.05, 4.69) is 22.0 Å². The number of hydrogen-bond acceptors (Lipinski definition) is 0. The summed E-state index contributed by atoms with van der Waals surface area (Å²) in [5.74, 6) is 0.794. The maximum absolute atomic E-state index is 6.27. The predicted octanol–water partition coefficient (Wildman–Crippen LogP) is 5.44. The molecule has 1 unspecified atom stereocenters. The van der Waals surface area contributed by atoms with Crippen molar-refractivity contribution >= 4 is 39.1 Å². The van der Waals surface area contributed by atoms with Crippen molar-refractivity contribution in [3.05, 3.63) is 33.3 Å². The molecular formula is C13H15BrCl2. The Kier molecular flexibility index (Phi) is 4.57. The highest BCUT2D eigenvalue weighted by Gasteiger charge is 2.28. The second kappa shape index (κ2) is 5.75. The molecule has 1 aliphatic rings. The maximum atomic E-state index is 6.27. The number of alkyl halides is 1. The van der Waals surface area contributed by atoms with Gasteiger partial charge in [-0.25, -0.2) is 0 Å². The van der Waals surface area contributed by atoms with Gasteiger partial charge in [0.2, 0.25) is 0 Å². The van der Waals surface area contributed by atoms with Crippen LogP contribution in [0.2, 0.25) is 5.02 Å². The first-order valence-electron chi connectivity index (χ1n) is 5.75. The van der Waals surface area contributed by atoms with Gasteiger partial charge in [0.25, 0.3) is 0 Å². The minimum absolute atomic E-state index is 0.384. The molecule has 1 aromatic carbocycles. The summed E-state index contributed by atoms with van der Waals surface area (Å²) in [7, 11) is 0. The number of hydrogen-bond donors (Lipinski definition) is 0. The summed E-state index contributed by atoms with van der Waals surface area (Å²) in [4.78, 5) is 0. The van der Waals surface area contributed by atoms with Crippen molar-refractivity contribution in [3.63, 3.8) is 0 Å². The molecule has 0 saturated heterocycles. The van der Waals surface area contributed by atoms with Gasteiger partial charge in [-0.1, -0.05) is 33.6 Å². The average molecular weight is 322 g/mol. The topological polar surface area (TPSA) is 0 Å². The first-order valence-corrected chi connectivity index (χ1v) is 7.35. The van der Waals surface area contributed by atoms with Crippen LogP contribution in [0.5, 0.6) is 0 Å². The minimum atomic E-state index is 0.384. The van der Waals surface area contributed by atoms with Crippen molar-refractivity contribution < 1.29 is 0 Å². The molecule has 2 rings (SSSR count). The fourth-order valence-electron chi connectivity index (χ4n) is 1.91. The maximum Gasteiger partial charge on any atom is 0.0449 e. The summed E-state index contributed by atoms with van der Waals surface area (Å²) in [6.07, 6.45) is 5.92. The van der Waals surface area contributed by atoms with Crippen LogP contribution in [0.1, 0.15) is 31.2 Å². The van der Waals surface area contributed by atoms with Gasteiger partial charge in [-0.05, 0) is 55.7 Å². The highest BCUT2D eigenvalue weighted by molar-refractivity contribution is 9.10. The Hall–Kier alpha value is 0.280. The zero-order valence-corrected chi connectivity index (χ0v) is 12.2. The summed E-state index contributed by atoms with van der Waals surface area (Å²) in [5, 5.41) is 1.24. The van der Waals surface area contributed by atoms with Crippen molar-refractivity contribution in [1.82, 2.24) is 0 Å². The highest BCUT2D eigenvalue weighted by Crippen LogP contribution is 2.38. The number of benzene rings is 1. The Morgan fingerprint density at radius 3 is 2.75 bits per heavy atom. The van der Waals surface area contributed by atoms with E-state index in [1.807, 2.05) is 12.1 Å². The van der Waals surface area contributed by atoms with Gasteiger partial charge in [-0.2, -0.15) is 0 Å². The Morgan fingerprint density at radius 1 is 1.38 bits per heavy atom. The van der Waals surface area contributed by atoms with Gasteiger partial charge in [0.1, 0.15) is 0 Å². The van der Waals surface area contributed by atoms with Crippen LogP contribution in [0.4, 0.5) is 0 Å². The Morgan fingerprint density at radius 2 is 2.12 bits per heavy atom. The van der Waals surface area contributed by atoms with E-state index in [-0.39, 0.29) is 0 Å². The Labute approximate surface area is 115 Å². The lowest BCUT2D eigenvalue weighted by atomic mass is 10.1. The van der Waals surface area contributed by atoms with E-state index in [1.54, 1.807) is 0 Å².